The molecule has 1 atom stereocenters. The number of rotatable bonds is 3. The van der Waals surface area contributed by atoms with Crippen molar-refractivity contribution in [2.75, 3.05) is 13.1 Å². The zero-order valence-electron chi connectivity index (χ0n) is 11.6. The van der Waals surface area contributed by atoms with Crippen molar-refractivity contribution >= 4 is 11.9 Å². The van der Waals surface area contributed by atoms with E-state index in [1.807, 2.05) is 0 Å². The Morgan fingerprint density at radius 2 is 2.00 bits per heavy atom. The summed E-state index contributed by atoms with van der Waals surface area (Å²) < 4.78 is 13.4. The molecule has 0 unspecified atom stereocenters. The van der Waals surface area contributed by atoms with E-state index in [2.05, 4.69) is 16.0 Å². The number of nitrogens with one attached hydrogen (secondary N) is 3. The molecule has 5 nitrogen and oxygen atoms in total. The summed E-state index contributed by atoms with van der Waals surface area (Å²) in [7, 11) is 0. The topological polar surface area (TPSA) is 70.2 Å². The van der Waals surface area contributed by atoms with Gasteiger partial charge in [0.25, 0.3) is 5.91 Å². The molecule has 3 amide bonds. The van der Waals surface area contributed by atoms with Gasteiger partial charge in [0, 0.05) is 6.42 Å². The molecule has 1 aromatic rings. The van der Waals surface area contributed by atoms with E-state index in [0.29, 0.717) is 12.0 Å². The van der Waals surface area contributed by atoms with Gasteiger partial charge in [0.2, 0.25) is 0 Å². The van der Waals surface area contributed by atoms with Gasteiger partial charge in [-0.3, -0.25) is 10.1 Å². The van der Waals surface area contributed by atoms with Gasteiger partial charge in [0.05, 0.1) is 0 Å². The van der Waals surface area contributed by atoms with Crippen LogP contribution in [0, 0.1) is 11.7 Å². The van der Waals surface area contributed by atoms with E-state index in [0.717, 1.165) is 25.9 Å². The highest BCUT2D eigenvalue weighted by atomic mass is 19.1. The third kappa shape index (κ3) is 2.63. The molecule has 2 aliphatic heterocycles. The van der Waals surface area contributed by atoms with Crippen molar-refractivity contribution in [3.05, 3.63) is 35.6 Å². The lowest BCUT2D eigenvalue weighted by Crippen LogP contribution is -2.57. The molecule has 0 radical (unpaired) electrons. The maximum atomic E-state index is 13.4. The van der Waals surface area contributed by atoms with Crippen LogP contribution in [0.5, 0.6) is 0 Å². The Kier molecular flexibility index (Phi) is 3.63. The second-order valence-corrected chi connectivity index (χ2v) is 5.71. The van der Waals surface area contributed by atoms with Crippen molar-refractivity contribution in [3.8, 4) is 0 Å². The number of urea groups is 1. The summed E-state index contributed by atoms with van der Waals surface area (Å²) >= 11 is 0. The Labute approximate surface area is 122 Å². The number of halogens is 1. The van der Waals surface area contributed by atoms with Crippen molar-refractivity contribution in [1.82, 2.24) is 16.0 Å². The van der Waals surface area contributed by atoms with E-state index >= 15 is 0 Å². The number of carbonyl (C=O) groups is 2. The van der Waals surface area contributed by atoms with E-state index in [9.17, 15) is 14.0 Å². The first-order valence-corrected chi connectivity index (χ1v) is 7.19. The minimum absolute atomic E-state index is 0.0495. The largest absolute Gasteiger partial charge is 0.323 e. The van der Waals surface area contributed by atoms with Gasteiger partial charge < -0.3 is 10.6 Å². The molecule has 0 bridgehead atoms. The first-order valence-electron chi connectivity index (χ1n) is 7.19. The van der Waals surface area contributed by atoms with Crippen molar-refractivity contribution in [2.24, 2.45) is 5.92 Å². The second kappa shape index (κ2) is 5.44. The molecule has 2 saturated heterocycles. The highest BCUT2D eigenvalue weighted by molar-refractivity contribution is 6.07. The lowest BCUT2D eigenvalue weighted by Gasteiger charge is -2.37. The van der Waals surface area contributed by atoms with Gasteiger partial charge in [0.15, 0.2) is 0 Å². The molecule has 0 spiro atoms. The third-order valence-corrected chi connectivity index (χ3v) is 4.38. The molecule has 0 aromatic heterocycles. The smallest absolute Gasteiger partial charge is 0.322 e. The fourth-order valence-electron chi connectivity index (χ4n) is 3.35. The quantitative estimate of drug-likeness (QED) is 0.726. The van der Waals surface area contributed by atoms with Crippen molar-refractivity contribution in [2.45, 2.75) is 24.8 Å². The van der Waals surface area contributed by atoms with Crippen molar-refractivity contribution < 1.29 is 14.0 Å². The lowest BCUT2D eigenvalue weighted by atomic mass is 9.74. The number of imide groups is 1. The van der Waals surface area contributed by atoms with Gasteiger partial charge in [-0.2, -0.15) is 0 Å². The molecule has 0 aliphatic carbocycles. The van der Waals surface area contributed by atoms with Crippen LogP contribution in [-0.4, -0.2) is 30.6 Å². The standard InChI is InChI=1S/C15H18FN3O2/c16-12-3-1-2-10(8-12)9-15(11-4-6-17-7-5-11)13(20)18-14(21)19-15/h1-3,8,11,17H,4-7,9H2,(H2,18,19,20,21)/t15-/m1/s1. The number of hydrogen-bond acceptors (Lipinski definition) is 3. The van der Waals surface area contributed by atoms with Crippen LogP contribution >= 0.6 is 0 Å². The molecular weight excluding hydrogens is 273 g/mol. The Hall–Kier alpha value is -1.95. The molecule has 3 N–H and O–H groups in total. The van der Waals surface area contributed by atoms with E-state index in [4.69, 9.17) is 0 Å². The fraction of sp³-hybridized carbons (Fsp3) is 0.467. The fourth-order valence-corrected chi connectivity index (χ4v) is 3.35. The number of benzene rings is 1. The molecule has 21 heavy (non-hydrogen) atoms. The van der Waals surface area contributed by atoms with Crippen LogP contribution in [0.2, 0.25) is 0 Å². The first-order chi connectivity index (χ1) is 10.1. The van der Waals surface area contributed by atoms with Crippen LogP contribution in [-0.2, 0) is 11.2 Å². The summed E-state index contributed by atoms with van der Waals surface area (Å²) in [4.78, 5) is 24.0. The van der Waals surface area contributed by atoms with Gasteiger partial charge in [-0.25, -0.2) is 9.18 Å². The average molecular weight is 291 g/mol. The highest BCUT2D eigenvalue weighted by Gasteiger charge is 2.51. The van der Waals surface area contributed by atoms with E-state index in [-0.39, 0.29) is 17.6 Å². The minimum atomic E-state index is -0.965. The SMILES string of the molecule is O=C1NC(=O)[C@@](Cc2cccc(F)c2)(C2CCNCC2)N1. The molecule has 6 heteroatoms. The number of amides is 3. The minimum Gasteiger partial charge on any atom is -0.323 e. The second-order valence-electron chi connectivity index (χ2n) is 5.71. The highest BCUT2D eigenvalue weighted by Crippen LogP contribution is 2.32. The van der Waals surface area contributed by atoms with Crippen LogP contribution in [0.3, 0.4) is 0 Å². The molecule has 2 fully saturated rings. The Balaban J connectivity index is 1.92. The van der Waals surface area contributed by atoms with Crippen LogP contribution in [0.4, 0.5) is 9.18 Å². The monoisotopic (exact) mass is 291 g/mol. The predicted octanol–water partition coefficient (Wildman–Crippen LogP) is 0.946. The number of carbonyl (C=O) groups excluding carboxylic acids is 2. The Morgan fingerprint density at radius 3 is 2.62 bits per heavy atom. The first kappa shape index (κ1) is 14.0. The zero-order chi connectivity index (χ0) is 14.9. The molecule has 1 aromatic carbocycles. The van der Waals surface area contributed by atoms with E-state index in [1.165, 1.54) is 12.1 Å². The molecule has 3 rings (SSSR count). The Morgan fingerprint density at radius 1 is 1.24 bits per heavy atom. The number of piperidine rings is 1. The lowest BCUT2D eigenvalue weighted by molar-refractivity contribution is -0.126. The van der Waals surface area contributed by atoms with Gasteiger partial charge in [-0.05, 0) is 49.5 Å². The maximum absolute atomic E-state index is 13.4. The van der Waals surface area contributed by atoms with Crippen LogP contribution in [0.25, 0.3) is 0 Å². The number of hydrogen-bond donors (Lipinski definition) is 3. The summed E-state index contributed by atoms with van der Waals surface area (Å²) in [5.74, 6) is -0.588. The van der Waals surface area contributed by atoms with Gasteiger partial charge >= 0.3 is 6.03 Å². The molecule has 0 saturated carbocycles. The zero-order valence-corrected chi connectivity index (χ0v) is 11.6. The third-order valence-electron chi connectivity index (χ3n) is 4.38. The van der Waals surface area contributed by atoms with Crippen LogP contribution in [0.1, 0.15) is 18.4 Å². The van der Waals surface area contributed by atoms with E-state index in [1.54, 1.807) is 12.1 Å². The summed E-state index contributed by atoms with van der Waals surface area (Å²) in [6.45, 7) is 1.64. The molecule has 112 valence electrons. The van der Waals surface area contributed by atoms with Crippen LogP contribution in [0.15, 0.2) is 24.3 Å². The summed E-state index contributed by atoms with van der Waals surface area (Å²) in [5, 5.41) is 8.39. The predicted molar refractivity (Wildman–Crippen MR) is 75.1 cm³/mol. The van der Waals surface area contributed by atoms with Gasteiger partial charge in [-0.1, -0.05) is 12.1 Å². The summed E-state index contributed by atoms with van der Waals surface area (Å²) in [5.41, 5.74) is -0.252. The maximum Gasteiger partial charge on any atom is 0.322 e. The average Bonchev–Trinajstić information content (AvgIpc) is 2.75. The van der Waals surface area contributed by atoms with Crippen molar-refractivity contribution in [3.63, 3.8) is 0 Å². The van der Waals surface area contributed by atoms with Gasteiger partial charge in [-0.15, -0.1) is 0 Å². The van der Waals surface area contributed by atoms with E-state index < -0.39 is 11.6 Å². The van der Waals surface area contributed by atoms with Crippen LogP contribution < -0.4 is 16.0 Å². The molecule has 2 aliphatic rings. The van der Waals surface area contributed by atoms with Gasteiger partial charge in [0.1, 0.15) is 11.4 Å². The molecular formula is C15H18FN3O2. The normalized spacial score (nSPS) is 26.5. The summed E-state index contributed by atoms with van der Waals surface area (Å²) in [6.07, 6.45) is 1.93. The van der Waals surface area contributed by atoms with Crippen molar-refractivity contribution in [1.29, 1.82) is 0 Å². The Bertz CT molecular complexity index is 572. The molecule has 2 heterocycles. The summed E-state index contributed by atoms with van der Waals surface area (Å²) in [6, 6.07) is 5.73.